The lowest BCUT2D eigenvalue weighted by Gasteiger charge is -2.25. The van der Waals surface area contributed by atoms with Gasteiger partial charge in [0.15, 0.2) is 0 Å². The number of hydrogen-bond acceptors (Lipinski definition) is 3. The van der Waals surface area contributed by atoms with Gasteiger partial charge < -0.3 is 9.30 Å². The number of hydrogen-bond donors (Lipinski definition) is 0. The van der Waals surface area contributed by atoms with Crippen molar-refractivity contribution in [1.82, 2.24) is 14.3 Å². The molecule has 0 bridgehead atoms. The van der Waals surface area contributed by atoms with E-state index in [2.05, 4.69) is 14.3 Å². The van der Waals surface area contributed by atoms with Crippen LogP contribution < -0.4 is 0 Å². The van der Waals surface area contributed by atoms with Crippen LogP contribution >= 0.6 is 0 Å². The zero-order valence-corrected chi connectivity index (χ0v) is 11.1. The third-order valence-electron chi connectivity index (χ3n) is 3.87. The highest BCUT2D eigenvalue weighted by Gasteiger charge is 2.11. The Balaban J connectivity index is 1.72. The lowest BCUT2D eigenvalue weighted by atomic mass is 10.1. The molecule has 2 aromatic heterocycles. The van der Waals surface area contributed by atoms with Gasteiger partial charge in [-0.2, -0.15) is 0 Å². The molecule has 0 N–H and O–H groups in total. The van der Waals surface area contributed by atoms with E-state index in [1.54, 1.807) is 0 Å². The lowest BCUT2D eigenvalue weighted by molar-refractivity contribution is 0.112. The zero-order valence-electron chi connectivity index (χ0n) is 11.1. The van der Waals surface area contributed by atoms with Gasteiger partial charge in [0.05, 0.1) is 11.7 Å². The average Bonchev–Trinajstić information content (AvgIpc) is 2.88. The largest absolute Gasteiger partial charge is 0.304 e. The minimum atomic E-state index is 0.704. The SMILES string of the molecule is O=Cc1ccn2c(CCN3CCCCC3)ncc2c1. The van der Waals surface area contributed by atoms with Gasteiger partial charge in [0.2, 0.25) is 0 Å². The van der Waals surface area contributed by atoms with Gasteiger partial charge in [0.1, 0.15) is 12.1 Å². The van der Waals surface area contributed by atoms with E-state index in [0.717, 1.165) is 30.6 Å². The number of nitrogens with zero attached hydrogens (tertiary/aromatic N) is 3. The second-order valence-corrected chi connectivity index (χ2v) is 5.20. The number of carbonyl (C=O) groups excluding carboxylic acids is 1. The van der Waals surface area contributed by atoms with Gasteiger partial charge in [-0.25, -0.2) is 4.98 Å². The van der Waals surface area contributed by atoms with E-state index in [1.165, 1.54) is 32.4 Å². The second-order valence-electron chi connectivity index (χ2n) is 5.20. The first kappa shape index (κ1) is 12.4. The summed E-state index contributed by atoms with van der Waals surface area (Å²) in [6, 6.07) is 3.72. The van der Waals surface area contributed by atoms with Crippen molar-refractivity contribution in [2.24, 2.45) is 0 Å². The molecule has 1 saturated heterocycles. The van der Waals surface area contributed by atoms with E-state index in [-0.39, 0.29) is 0 Å². The molecule has 4 heteroatoms. The summed E-state index contributed by atoms with van der Waals surface area (Å²) in [7, 11) is 0. The summed E-state index contributed by atoms with van der Waals surface area (Å²) in [5.41, 5.74) is 1.70. The van der Waals surface area contributed by atoms with Gasteiger partial charge in [-0.05, 0) is 38.1 Å². The predicted molar refractivity (Wildman–Crippen MR) is 74.6 cm³/mol. The molecule has 0 radical (unpaired) electrons. The number of piperidine rings is 1. The number of aldehydes is 1. The maximum Gasteiger partial charge on any atom is 0.150 e. The summed E-state index contributed by atoms with van der Waals surface area (Å²) in [5.74, 6) is 1.08. The molecular formula is C15H19N3O. The summed E-state index contributed by atoms with van der Waals surface area (Å²) in [5, 5.41) is 0. The number of pyridine rings is 1. The molecular weight excluding hydrogens is 238 g/mol. The van der Waals surface area contributed by atoms with E-state index in [0.29, 0.717) is 5.56 Å². The van der Waals surface area contributed by atoms with E-state index >= 15 is 0 Å². The van der Waals surface area contributed by atoms with Crippen molar-refractivity contribution < 1.29 is 4.79 Å². The van der Waals surface area contributed by atoms with Crippen molar-refractivity contribution in [2.45, 2.75) is 25.7 Å². The maximum absolute atomic E-state index is 10.8. The topological polar surface area (TPSA) is 37.6 Å². The Kier molecular flexibility index (Phi) is 3.60. The van der Waals surface area contributed by atoms with E-state index in [9.17, 15) is 4.79 Å². The Morgan fingerprint density at radius 3 is 2.89 bits per heavy atom. The summed E-state index contributed by atoms with van der Waals surface area (Å²) in [4.78, 5) is 17.7. The van der Waals surface area contributed by atoms with Crippen LogP contribution in [-0.2, 0) is 6.42 Å². The molecule has 0 aliphatic carbocycles. The standard InChI is InChI=1S/C15H19N3O/c19-12-13-4-9-18-14(10-13)11-16-15(18)5-8-17-6-2-1-3-7-17/h4,9-12H,1-3,5-8H2. The Morgan fingerprint density at radius 1 is 1.26 bits per heavy atom. The molecule has 0 unspecified atom stereocenters. The predicted octanol–water partition coefficient (Wildman–Crippen LogP) is 2.18. The van der Waals surface area contributed by atoms with Gasteiger partial charge in [0.25, 0.3) is 0 Å². The molecule has 0 atom stereocenters. The van der Waals surface area contributed by atoms with Crippen LogP contribution in [0.2, 0.25) is 0 Å². The van der Waals surface area contributed by atoms with Crippen LogP contribution in [0, 0.1) is 0 Å². The number of carbonyl (C=O) groups is 1. The zero-order chi connectivity index (χ0) is 13.1. The Bertz CT molecular complexity index is 570. The highest BCUT2D eigenvalue weighted by molar-refractivity contribution is 5.77. The van der Waals surface area contributed by atoms with Crippen LogP contribution in [0.15, 0.2) is 24.5 Å². The number of aromatic nitrogens is 2. The minimum absolute atomic E-state index is 0.704. The van der Waals surface area contributed by atoms with Crippen LogP contribution in [0.25, 0.3) is 5.52 Å². The first-order valence-electron chi connectivity index (χ1n) is 7.00. The number of imidazole rings is 1. The van der Waals surface area contributed by atoms with Crippen LogP contribution in [0.1, 0.15) is 35.4 Å². The molecule has 1 fully saturated rings. The van der Waals surface area contributed by atoms with Crippen molar-refractivity contribution >= 4 is 11.8 Å². The summed E-state index contributed by atoms with van der Waals surface area (Å²) in [6.07, 6.45) is 9.65. The summed E-state index contributed by atoms with van der Waals surface area (Å²) >= 11 is 0. The molecule has 1 aliphatic heterocycles. The smallest absolute Gasteiger partial charge is 0.150 e. The number of fused-ring (bicyclic) bond motifs is 1. The summed E-state index contributed by atoms with van der Waals surface area (Å²) in [6.45, 7) is 3.52. The lowest BCUT2D eigenvalue weighted by Crippen LogP contribution is -2.31. The third-order valence-corrected chi connectivity index (χ3v) is 3.87. The molecule has 0 aromatic carbocycles. The fraction of sp³-hybridized carbons (Fsp3) is 0.467. The summed E-state index contributed by atoms with van der Waals surface area (Å²) < 4.78 is 2.08. The third kappa shape index (κ3) is 2.68. The fourth-order valence-corrected chi connectivity index (χ4v) is 2.77. The molecule has 19 heavy (non-hydrogen) atoms. The second kappa shape index (κ2) is 5.53. The van der Waals surface area contributed by atoms with E-state index < -0.39 is 0 Å². The highest BCUT2D eigenvalue weighted by Crippen LogP contribution is 2.12. The average molecular weight is 257 g/mol. The van der Waals surface area contributed by atoms with Crippen molar-refractivity contribution in [3.8, 4) is 0 Å². The Hall–Kier alpha value is -1.68. The minimum Gasteiger partial charge on any atom is -0.304 e. The van der Waals surface area contributed by atoms with Crippen molar-refractivity contribution in [1.29, 1.82) is 0 Å². The molecule has 0 spiro atoms. The maximum atomic E-state index is 10.8. The van der Waals surface area contributed by atoms with E-state index in [1.807, 2.05) is 24.5 Å². The first-order chi connectivity index (χ1) is 9.36. The quantitative estimate of drug-likeness (QED) is 0.788. The highest BCUT2D eigenvalue weighted by atomic mass is 16.1. The Labute approximate surface area is 113 Å². The normalized spacial score (nSPS) is 16.8. The van der Waals surface area contributed by atoms with Crippen LogP contribution in [-0.4, -0.2) is 40.2 Å². The molecule has 0 amide bonds. The molecule has 2 aromatic rings. The van der Waals surface area contributed by atoms with Crippen molar-refractivity contribution in [3.63, 3.8) is 0 Å². The van der Waals surface area contributed by atoms with Crippen LogP contribution in [0.3, 0.4) is 0 Å². The molecule has 1 aliphatic rings. The molecule has 4 nitrogen and oxygen atoms in total. The van der Waals surface area contributed by atoms with Gasteiger partial charge in [-0.3, -0.25) is 4.79 Å². The molecule has 3 heterocycles. The first-order valence-corrected chi connectivity index (χ1v) is 7.00. The number of rotatable bonds is 4. The van der Waals surface area contributed by atoms with Crippen LogP contribution in [0.5, 0.6) is 0 Å². The molecule has 100 valence electrons. The molecule has 3 rings (SSSR count). The van der Waals surface area contributed by atoms with Gasteiger partial charge in [-0.15, -0.1) is 0 Å². The molecule has 0 saturated carbocycles. The van der Waals surface area contributed by atoms with E-state index in [4.69, 9.17) is 0 Å². The van der Waals surface area contributed by atoms with Crippen molar-refractivity contribution in [2.75, 3.05) is 19.6 Å². The van der Waals surface area contributed by atoms with Gasteiger partial charge >= 0.3 is 0 Å². The van der Waals surface area contributed by atoms with Gasteiger partial charge in [0, 0.05) is 24.7 Å². The monoisotopic (exact) mass is 257 g/mol. The van der Waals surface area contributed by atoms with Crippen LogP contribution in [0.4, 0.5) is 0 Å². The fourth-order valence-electron chi connectivity index (χ4n) is 2.77. The number of likely N-dealkylation sites (tertiary alicyclic amines) is 1. The van der Waals surface area contributed by atoms with Gasteiger partial charge in [-0.1, -0.05) is 6.42 Å². The van der Waals surface area contributed by atoms with Crippen molar-refractivity contribution in [3.05, 3.63) is 35.9 Å². The Morgan fingerprint density at radius 2 is 2.11 bits per heavy atom.